The molecule has 0 unspecified atom stereocenters. The largest absolute Gasteiger partial charge is 0.392 e. The van der Waals surface area contributed by atoms with E-state index in [2.05, 4.69) is 5.29 Å². The van der Waals surface area contributed by atoms with Crippen LogP contribution in [0.25, 0.3) is 0 Å². The first kappa shape index (κ1) is 8.67. The third kappa shape index (κ3) is 1.79. The standard InChI is InChI=1S/C8H10N2O2/c1-10(9-12)8-4-2-7(6-11)3-5-8/h2-5,11H,6H2,1H3. The topological polar surface area (TPSA) is 52.9 Å². The van der Waals surface area contributed by atoms with Gasteiger partial charge in [-0.15, -0.1) is 4.91 Å². The summed E-state index contributed by atoms with van der Waals surface area (Å²) >= 11 is 0. The van der Waals surface area contributed by atoms with Crippen LogP contribution in [0.2, 0.25) is 0 Å². The minimum Gasteiger partial charge on any atom is -0.392 e. The lowest BCUT2D eigenvalue weighted by molar-refractivity contribution is 0.282. The third-order valence-electron chi connectivity index (χ3n) is 1.62. The first-order valence-electron chi connectivity index (χ1n) is 3.54. The van der Waals surface area contributed by atoms with Gasteiger partial charge in [0, 0.05) is 7.05 Å². The summed E-state index contributed by atoms with van der Waals surface area (Å²) in [5.41, 5.74) is 1.53. The molecule has 0 aliphatic heterocycles. The fourth-order valence-electron chi connectivity index (χ4n) is 0.864. The van der Waals surface area contributed by atoms with Gasteiger partial charge in [0.1, 0.15) is 0 Å². The Morgan fingerprint density at radius 3 is 2.42 bits per heavy atom. The maximum Gasteiger partial charge on any atom is 0.0681 e. The number of nitroso groups, excluding NO2 is 1. The summed E-state index contributed by atoms with van der Waals surface area (Å²) in [5.74, 6) is 0. The molecule has 0 saturated carbocycles. The second kappa shape index (κ2) is 3.82. The van der Waals surface area contributed by atoms with E-state index in [0.29, 0.717) is 5.69 Å². The number of benzene rings is 1. The van der Waals surface area contributed by atoms with Gasteiger partial charge < -0.3 is 5.11 Å². The number of aliphatic hydroxyl groups is 1. The molecular weight excluding hydrogens is 156 g/mol. The predicted octanol–water partition coefficient (Wildman–Crippen LogP) is 1.30. The van der Waals surface area contributed by atoms with Crippen LogP contribution in [0, 0.1) is 4.91 Å². The maximum atomic E-state index is 10.1. The van der Waals surface area contributed by atoms with Crippen molar-refractivity contribution in [2.75, 3.05) is 12.1 Å². The van der Waals surface area contributed by atoms with Crippen molar-refractivity contribution in [3.8, 4) is 0 Å². The second-order valence-electron chi connectivity index (χ2n) is 2.43. The molecule has 1 aromatic rings. The molecule has 0 radical (unpaired) electrons. The van der Waals surface area contributed by atoms with Crippen LogP contribution in [0.15, 0.2) is 29.6 Å². The van der Waals surface area contributed by atoms with Gasteiger partial charge in [-0.3, -0.25) is 0 Å². The summed E-state index contributed by atoms with van der Waals surface area (Å²) < 4.78 is 0. The molecule has 4 nitrogen and oxygen atoms in total. The van der Waals surface area contributed by atoms with Gasteiger partial charge in [0.2, 0.25) is 0 Å². The van der Waals surface area contributed by atoms with Crippen molar-refractivity contribution in [1.82, 2.24) is 0 Å². The van der Waals surface area contributed by atoms with Crippen LogP contribution in [0.1, 0.15) is 5.56 Å². The van der Waals surface area contributed by atoms with Crippen molar-refractivity contribution in [1.29, 1.82) is 0 Å². The lowest BCUT2D eigenvalue weighted by atomic mass is 10.2. The van der Waals surface area contributed by atoms with E-state index < -0.39 is 0 Å². The molecule has 0 heterocycles. The third-order valence-corrected chi connectivity index (χ3v) is 1.62. The highest BCUT2D eigenvalue weighted by Gasteiger charge is 1.98. The van der Waals surface area contributed by atoms with Gasteiger partial charge in [0.05, 0.1) is 17.6 Å². The Hall–Kier alpha value is -1.42. The molecule has 0 bridgehead atoms. The molecule has 1 rings (SSSR count). The monoisotopic (exact) mass is 166 g/mol. The van der Waals surface area contributed by atoms with E-state index in [0.717, 1.165) is 5.56 Å². The number of aliphatic hydroxyl groups excluding tert-OH is 1. The molecule has 64 valence electrons. The van der Waals surface area contributed by atoms with E-state index in [1.165, 1.54) is 5.01 Å². The van der Waals surface area contributed by atoms with Gasteiger partial charge in [-0.2, -0.15) is 0 Å². The van der Waals surface area contributed by atoms with Crippen molar-refractivity contribution in [2.24, 2.45) is 5.29 Å². The Bertz CT molecular complexity index is 258. The van der Waals surface area contributed by atoms with E-state index in [1.54, 1.807) is 31.3 Å². The SMILES string of the molecule is CN(N=O)c1ccc(CO)cc1. The minimum atomic E-state index is 0.0124. The Labute approximate surface area is 70.4 Å². The number of hydrogen-bond donors (Lipinski definition) is 1. The van der Waals surface area contributed by atoms with Crippen LogP contribution in [-0.2, 0) is 6.61 Å². The molecule has 0 aliphatic rings. The molecule has 1 aromatic carbocycles. The van der Waals surface area contributed by atoms with E-state index in [9.17, 15) is 4.91 Å². The highest BCUT2D eigenvalue weighted by Crippen LogP contribution is 2.13. The molecule has 0 aliphatic carbocycles. The van der Waals surface area contributed by atoms with E-state index >= 15 is 0 Å². The lowest BCUT2D eigenvalue weighted by Gasteiger charge is -2.07. The van der Waals surface area contributed by atoms with Gasteiger partial charge in [-0.05, 0) is 17.7 Å². The van der Waals surface area contributed by atoms with Crippen LogP contribution in [-0.4, -0.2) is 12.2 Å². The molecule has 0 aromatic heterocycles. The van der Waals surface area contributed by atoms with Crippen LogP contribution < -0.4 is 5.01 Å². The molecular formula is C8H10N2O2. The van der Waals surface area contributed by atoms with E-state index in [4.69, 9.17) is 5.11 Å². The van der Waals surface area contributed by atoms with E-state index in [1.807, 2.05) is 0 Å². The smallest absolute Gasteiger partial charge is 0.0681 e. The van der Waals surface area contributed by atoms with Crippen molar-refractivity contribution >= 4 is 5.69 Å². The van der Waals surface area contributed by atoms with Gasteiger partial charge in [-0.1, -0.05) is 12.1 Å². The number of anilines is 1. The van der Waals surface area contributed by atoms with Gasteiger partial charge in [-0.25, -0.2) is 5.01 Å². The van der Waals surface area contributed by atoms with Crippen LogP contribution in [0.3, 0.4) is 0 Å². The first-order chi connectivity index (χ1) is 5.77. The Morgan fingerprint density at radius 2 is 2.00 bits per heavy atom. The van der Waals surface area contributed by atoms with Crippen molar-refractivity contribution in [3.05, 3.63) is 34.7 Å². The zero-order valence-corrected chi connectivity index (χ0v) is 6.77. The zero-order chi connectivity index (χ0) is 8.97. The van der Waals surface area contributed by atoms with Gasteiger partial charge in [0.15, 0.2) is 0 Å². The maximum absolute atomic E-state index is 10.1. The second-order valence-corrected chi connectivity index (χ2v) is 2.43. The molecule has 0 amide bonds. The number of nitrogens with zero attached hydrogens (tertiary/aromatic N) is 2. The van der Waals surface area contributed by atoms with Gasteiger partial charge >= 0.3 is 0 Å². The molecule has 0 fully saturated rings. The predicted molar refractivity (Wildman–Crippen MR) is 46.6 cm³/mol. The Morgan fingerprint density at radius 1 is 1.42 bits per heavy atom. The summed E-state index contributed by atoms with van der Waals surface area (Å²) in [7, 11) is 1.57. The molecule has 0 saturated heterocycles. The zero-order valence-electron chi connectivity index (χ0n) is 6.77. The normalized spacial score (nSPS) is 9.50. The van der Waals surface area contributed by atoms with Crippen LogP contribution in [0.4, 0.5) is 5.69 Å². The Balaban J connectivity index is 2.84. The quantitative estimate of drug-likeness (QED) is 0.543. The highest BCUT2D eigenvalue weighted by atomic mass is 16.3. The first-order valence-corrected chi connectivity index (χ1v) is 3.54. The molecule has 0 atom stereocenters. The van der Waals surface area contributed by atoms with Crippen molar-refractivity contribution in [3.63, 3.8) is 0 Å². The van der Waals surface area contributed by atoms with Crippen molar-refractivity contribution in [2.45, 2.75) is 6.61 Å². The fourth-order valence-corrected chi connectivity index (χ4v) is 0.864. The highest BCUT2D eigenvalue weighted by molar-refractivity contribution is 5.45. The lowest BCUT2D eigenvalue weighted by Crippen LogP contribution is -2.06. The van der Waals surface area contributed by atoms with E-state index in [-0.39, 0.29) is 6.61 Å². The summed E-state index contributed by atoms with van der Waals surface area (Å²) in [6.45, 7) is 0.0124. The fraction of sp³-hybridized carbons (Fsp3) is 0.250. The van der Waals surface area contributed by atoms with Gasteiger partial charge in [0.25, 0.3) is 0 Å². The average molecular weight is 166 g/mol. The number of rotatable bonds is 3. The molecule has 4 heteroatoms. The summed E-state index contributed by atoms with van der Waals surface area (Å²) in [4.78, 5) is 10.1. The van der Waals surface area contributed by atoms with Crippen LogP contribution >= 0.6 is 0 Å². The summed E-state index contributed by atoms with van der Waals surface area (Å²) in [6, 6.07) is 6.95. The molecule has 12 heavy (non-hydrogen) atoms. The summed E-state index contributed by atoms with van der Waals surface area (Å²) in [6.07, 6.45) is 0. The molecule has 1 N–H and O–H groups in total. The van der Waals surface area contributed by atoms with Crippen molar-refractivity contribution < 1.29 is 5.11 Å². The molecule has 0 spiro atoms. The number of hydrogen-bond acceptors (Lipinski definition) is 3. The minimum absolute atomic E-state index is 0.0124. The Kier molecular flexibility index (Phi) is 2.76. The average Bonchev–Trinajstić information content (AvgIpc) is 2.17. The summed E-state index contributed by atoms with van der Waals surface area (Å²) in [5, 5.41) is 12.7. The van der Waals surface area contributed by atoms with Crippen LogP contribution in [0.5, 0.6) is 0 Å².